The molecule has 27 heavy (non-hydrogen) atoms. The molecule has 0 aliphatic heterocycles. The number of hydrogen-bond donors (Lipinski definition) is 0. The zero-order chi connectivity index (χ0) is 19.7. The van der Waals surface area contributed by atoms with Crippen molar-refractivity contribution in [1.82, 2.24) is 0 Å². The Kier molecular flexibility index (Phi) is 9.09. The first-order chi connectivity index (χ1) is 13.0. The third kappa shape index (κ3) is 6.49. The first-order valence-corrected chi connectivity index (χ1v) is 12.4. The summed E-state index contributed by atoms with van der Waals surface area (Å²) in [4.78, 5) is 13.2. The molecule has 0 saturated carbocycles. The van der Waals surface area contributed by atoms with Gasteiger partial charge >= 0.3 is 0 Å². The van der Waals surface area contributed by atoms with Gasteiger partial charge in [-0.2, -0.15) is 0 Å². The van der Waals surface area contributed by atoms with Gasteiger partial charge in [0.05, 0.1) is 15.6 Å². The summed E-state index contributed by atoms with van der Waals surface area (Å²) in [7, 11) is -3.17. The summed E-state index contributed by atoms with van der Waals surface area (Å²) in [6, 6.07) is 14.5. The van der Waals surface area contributed by atoms with Crippen molar-refractivity contribution in [3.05, 3.63) is 69.7 Å². The van der Waals surface area contributed by atoms with Crippen molar-refractivity contribution in [3.63, 3.8) is 0 Å². The zero-order valence-electron chi connectivity index (χ0n) is 15.8. The normalized spacial score (nSPS) is 13.3. The SMILES string of the molecule is CCCCCCCCP(=O)(Cc1ccccc1)C(=O)c1c(Cl)cccc1Cl. The van der Waals surface area contributed by atoms with E-state index in [0.717, 1.165) is 24.8 Å². The van der Waals surface area contributed by atoms with Crippen LogP contribution in [0.15, 0.2) is 48.5 Å². The minimum atomic E-state index is -3.17. The van der Waals surface area contributed by atoms with Gasteiger partial charge in [-0.1, -0.05) is 98.6 Å². The Morgan fingerprint density at radius 2 is 1.44 bits per heavy atom. The maximum Gasteiger partial charge on any atom is 0.224 e. The van der Waals surface area contributed by atoms with E-state index in [4.69, 9.17) is 23.2 Å². The molecular formula is C22H27Cl2O2P. The molecule has 0 aliphatic rings. The fourth-order valence-corrected chi connectivity index (χ4v) is 6.57. The van der Waals surface area contributed by atoms with Gasteiger partial charge in [-0.25, -0.2) is 0 Å². The summed E-state index contributed by atoms with van der Waals surface area (Å²) in [6.07, 6.45) is 7.12. The Balaban J connectivity index is 2.20. The van der Waals surface area contributed by atoms with E-state index in [1.54, 1.807) is 18.2 Å². The number of unbranched alkanes of at least 4 members (excludes halogenated alkanes) is 5. The third-order valence-electron chi connectivity index (χ3n) is 4.70. The van der Waals surface area contributed by atoms with Crippen molar-refractivity contribution < 1.29 is 9.36 Å². The van der Waals surface area contributed by atoms with Gasteiger partial charge in [0.1, 0.15) is 0 Å². The van der Waals surface area contributed by atoms with Crippen LogP contribution in [0.1, 0.15) is 61.4 Å². The van der Waals surface area contributed by atoms with E-state index >= 15 is 0 Å². The molecule has 0 spiro atoms. The predicted octanol–water partition coefficient (Wildman–Crippen LogP) is 8.06. The van der Waals surface area contributed by atoms with Gasteiger partial charge in [0, 0.05) is 12.3 Å². The molecule has 2 aromatic rings. The average Bonchev–Trinajstić information content (AvgIpc) is 2.65. The zero-order valence-corrected chi connectivity index (χ0v) is 18.2. The first kappa shape index (κ1) is 22.2. The second kappa shape index (κ2) is 11.1. The van der Waals surface area contributed by atoms with Crippen molar-refractivity contribution in [1.29, 1.82) is 0 Å². The van der Waals surface area contributed by atoms with Crippen molar-refractivity contribution in [2.24, 2.45) is 0 Å². The maximum absolute atomic E-state index is 13.8. The maximum atomic E-state index is 13.8. The fourth-order valence-electron chi connectivity index (χ4n) is 3.18. The Bertz CT molecular complexity index is 770. The molecule has 0 amide bonds. The average molecular weight is 425 g/mol. The molecule has 1 unspecified atom stereocenters. The molecule has 2 aromatic carbocycles. The van der Waals surface area contributed by atoms with Crippen LogP contribution in [0.3, 0.4) is 0 Å². The minimum Gasteiger partial charge on any atom is -0.315 e. The largest absolute Gasteiger partial charge is 0.315 e. The quantitative estimate of drug-likeness (QED) is 0.270. The molecule has 0 aromatic heterocycles. The van der Waals surface area contributed by atoms with Gasteiger partial charge in [-0.05, 0) is 24.1 Å². The van der Waals surface area contributed by atoms with Crippen LogP contribution in [0.5, 0.6) is 0 Å². The second-order valence-electron chi connectivity index (χ2n) is 6.93. The van der Waals surface area contributed by atoms with Gasteiger partial charge < -0.3 is 4.57 Å². The van der Waals surface area contributed by atoms with E-state index in [0.29, 0.717) is 6.16 Å². The van der Waals surface area contributed by atoms with Crippen LogP contribution in [0.25, 0.3) is 0 Å². The van der Waals surface area contributed by atoms with E-state index in [1.807, 2.05) is 30.3 Å². The smallest absolute Gasteiger partial charge is 0.224 e. The molecule has 146 valence electrons. The Labute approximate surface area is 172 Å². The lowest BCUT2D eigenvalue weighted by atomic mass is 10.1. The number of carbonyl (C=O) groups excluding carboxylic acids is 1. The van der Waals surface area contributed by atoms with Crippen LogP contribution >= 0.6 is 30.3 Å². The predicted molar refractivity (Wildman–Crippen MR) is 117 cm³/mol. The van der Waals surface area contributed by atoms with E-state index in [9.17, 15) is 9.36 Å². The van der Waals surface area contributed by atoms with Crippen LogP contribution in [0.4, 0.5) is 0 Å². The lowest BCUT2D eigenvalue weighted by Gasteiger charge is -2.19. The highest BCUT2D eigenvalue weighted by Crippen LogP contribution is 2.54. The molecule has 5 heteroatoms. The summed E-state index contributed by atoms with van der Waals surface area (Å²) < 4.78 is 13.8. The molecule has 0 N–H and O–H groups in total. The summed E-state index contributed by atoms with van der Waals surface area (Å²) in [6.45, 7) is 2.18. The molecule has 0 fully saturated rings. The number of hydrogen-bond acceptors (Lipinski definition) is 2. The lowest BCUT2D eigenvalue weighted by Crippen LogP contribution is -2.09. The minimum absolute atomic E-state index is 0.200. The van der Waals surface area contributed by atoms with Gasteiger partial charge in [0.25, 0.3) is 0 Å². The monoisotopic (exact) mass is 424 g/mol. The van der Waals surface area contributed by atoms with Crippen molar-refractivity contribution in [3.8, 4) is 0 Å². The number of halogens is 2. The number of rotatable bonds is 11. The highest BCUT2D eigenvalue weighted by Gasteiger charge is 2.34. The van der Waals surface area contributed by atoms with E-state index in [2.05, 4.69) is 6.92 Å². The number of benzene rings is 2. The molecule has 2 nitrogen and oxygen atoms in total. The van der Waals surface area contributed by atoms with Crippen LogP contribution in [0, 0.1) is 0 Å². The first-order valence-electron chi connectivity index (χ1n) is 9.59. The molecular weight excluding hydrogens is 398 g/mol. The number of carbonyl (C=O) groups is 1. The van der Waals surface area contributed by atoms with Gasteiger partial charge in [-0.15, -0.1) is 0 Å². The fraction of sp³-hybridized carbons (Fsp3) is 0.409. The molecule has 0 bridgehead atoms. The van der Waals surface area contributed by atoms with Gasteiger partial charge in [-0.3, -0.25) is 4.79 Å². The summed E-state index contributed by atoms with van der Waals surface area (Å²) >= 11 is 12.5. The molecule has 2 rings (SSSR count). The standard InChI is InChI=1S/C22H27Cl2O2P/c1-2-3-4-5-6-10-16-27(26,17-18-12-8-7-9-13-18)22(25)21-19(23)14-11-15-20(21)24/h7-9,11-15H,2-6,10,16-17H2,1H3. The Hall–Kier alpha value is -1.08. The van der Waals surface area contributed by atoms with E-state index < -0.39 is 12.7 Å². The third-order valence-corrected chi connectivity index (χ3v) is 8.21. The molecule has 0 heterocycles. The topological polar surface area (TPSA) is 34.1 Å². The van der Waals surface area contributed by atoms with Crippen LogP contribution in [0.2, 0.25) is 10.0 Å². The van der Waals surface area contributed by atoms with Crippen molar-refractivity contribution in [2.75, 3.05) is 6.16 Å². The molecule has 0 aliphatic carbocycles. The van der Waals surface area contributed by atoms with E-state index in [1.165, 1.54) is 19.3 Å². The highest BCUT2D eigenvalue weighted by atomic mass is 35.5. The highest BCUT2D eigenvalue weighted by molar-refractivity contribution is 7.80. The van der Waals surface area contributed by atoms with E-state index in [-0.39, 0.29) is 21.8 Å². The molecule has 1 atom stereocenters. The lowest BCUT2D eigenvalue weighted by molar-refractivity contribution is 0.107. The summed E-state index contributed by atoms with van der Waals surface area (Å²) in [5, 5.41) is 0.535. The molecule has 0 saturated heterocycles. The second-order valence-corrected chi connectivity index (χ2v) is 10.7. The Morgan fingerprint density at radius 3 is 2.07 bits per heavy atom. The van der Waals surface area contributed by atoms with Crippen LogP contribution in [-0.2, 0) is 10.7 Å². The molecule has 0 radical (unpaired) electrons. The Morgan fingerprint density at radius 1 is 0.852 bits per heavy atom. The van der Waals surface area contributed by atoms with Crippen LogP contribution in [-0.4, -0.2) is 11.7 Å². The van der Waals surface area contributed by atoms with Crippen molar-refractivity contribution in [2.45, 2.75) is 51.6 Å². The summed E-state index contributed by atoms with van der Waals surface area (Å²) in [5.74, 6) is 0. The summed E-state index contributed by atoms with van der Waals surface area (Å²) in [5.41, 5.74) is 0.713. The van der Waals surface area contributed by atoms with Gasteiger partial charge in [0.15, 0.2) is 7.14 Å². The van der Waals surface area contributed by atoms with Crippen molar-refractivity contribution >= 4 is 35.9 Å². The van der Waals surface area contributed by atoms with Gasteiger partial charge in [0.2, 0.25) is 5.52 Å². The van der Waals surface area contributed by atoms with Crippen LogP contribution < -0.4 is 0 Å².